The van der Waals surface area contributed by atoms with Gasteiger partial charge in [-0.1, -0.05) is 48.2 Å². The number of methoxy groups -OCH3 is 1. The maximum Gasteiger partial charge on any atom is 0.269 e. The number of nitro groups is 1. The Morgan fingerprint density at radius 2 is 1.90 bits per heavy atom. The summed E-state index contributed by atoms with van der Waals surface area (Å²) in [5, 5.41) is 14.5. The molecule has 10 nitrogen and oxygen atoms in total. The van der Waals surface area contributed by atoms with E-state index in [0.717, 1.165) is 22.4 Å². The van der Waals surface area contributed by atoms with E-state index in [1.54, 1.807) is 19.2 Å². The van der Waals surface area contributed by atoms with Crippen molar-refractivity contribution in [1.82, 2.24) is 10.2 Å². The summed E-state index contributed by atoms with van der Waals surface area (Å²) < 4.78 is 5.15. The summed E-state index contributed by atoms with van der Waals surface area (Å²) in [5.41, 5.74) is 3.13. The van der Waals surface area contributed by atoms with Crippen LogP contribution in [0.5, 0.6) is 5.75 Å². The zero-order valence-corrected chi connectivity index (χ0v) is 21.9. The molecule has 0 saturated heterocycles. The summed E-state index contributed by atoms with van der Waals surface area (Å²) in [7, 11) is 1.60. The number of nitrogens with zero attached hydrogens (tertiary/aromatic N) is 4. The minimum absolute atomic E-state index is 0.00820. The van der Waals surface area contributed by atoms with Crippen LogP contribution in [0.25, 0.3) is 0 Å². The number of aliphatic imine (C=N–C) groups is 2. The highest BCUT2D eigenvalue weighted by atomic mass is 32.2. The molecule has 2 heterocycles. The molecule has 0 unspecified atom stereocenters. The Hall–Kier alpha value is -4.51. The second-order valence-electron chi connectivity index (χ2n) is 8.93. The third kappa shape index (κ3) is 5.83. The number of fused-ring (bicyclic) bond motifs is 3. The van der Waals surface area contributed by atoms with Crippen LogP contribution in [-0.4, -0.2) is 45.8 Å². The van der Waals surface area contributed by atoms with E-state index >= 15 is 0 Å². The maximum absolute atomic E-state index is 13.5. The number of nitro benzene ring substituents is 1. The first-order valence-corrected chi connectivity index (χ1v) is 13.3. The second-order valence-corrected chi connectivity index (χ2v) is 9.88. The second kappa shape index (κ2) is 11.5. The number of non-ortho nitro benzene ring substituents is 1. The standard InChI is InChI=1S/C28H25N5O5S/c1-38-21-11-9-18(10-12-21)16-29-25(34)14-13-24-27(35)32-26(30-24)22-7-2-3-8-23(22)31-28(32)39-17-19-5-4-6-20(15-19)33(36)37/h2-12,15,24H,13-14,16-17H2,1H3,(H,29,34)/t24-/m1/s1. The highest BCUT2D eigenvalue weighted by molar-refractivity contribution is 8.13. The van der Waals surface area contributed by atoms with Gasteiger partial charge in [-0.25, -0.2) is 9.89 Å². The number of hydrogen-bond donors (Lipinski definition) is 1. The number of benzene rings is 3. The van der Waals surface area contributed by atoms with Crippen molar-refractivity contribution in [2.45, 2.75) is 31.2 Å². The van der Waals surface area contributed by atoms with Gasteiger partial charge in [0, 0.05) is 36.4 Å². The van der Waals surface area contributed by atoms with Gasteiger partial charge >= 0.3 is 0 Å². The van der Waals surface area contributed by atoms with Gasteiger partial charge in [0.05, 0.1) is 17.7 Å². The summed E-state index contributed by atoms with van der Waals surface area (Å²) in [6, 6.07) is 20.6. The first-order valence-electron chi connectivity index (χ1n) is 12.3. The smallest absolute Gasteiger partial charge is 0.269 e. The Balaban J connectivity index is 1.26. The number of rotatable bonds is 9. The molecular weight excluding hydrogens is 518 g/mol. The molecule has 1 N–H and O–H groups in total. The molecule has 1 atom stereocenters. The Labute approximate surface area is 228 Å². The largest absolute Gasteiger partial charge is 0.497 e. The minimum Gasteiger partial charge on any atom is -0.497 e. The van der Waals surface area contributed by atoms with Gasteiger partial charge in [-0.2, -0.15) is 0 Å². The van der Waals surface area contributed by atoms with Crippen molar-refractivity contribution in [2.24, 2.45) is 9.98 Å². The number of amides is 2. The molecule has 0 fully saturated rings. The number of nitrogens with one attached hydrogen (secondary N) is 1. The van der Waals surface area contributed by atoms with Gasteiger partial charge in [-0.3, -0.25) is 24.7 Å². The lowest BCUT2D eigenvalue weighted by Crippen LogP contribution is -2.41. The van der Waals surface area contributed by atoms with Crippen LogP contribution >= 0.6 is 11.8 Å². The Bertz CT molecular complexity index is 1490. The fraction of sp³-hybridized carbons (Fsp3) is 0.214. The highest BCUT2D eigenvalue weighted by Crippen LogP contribution is 2.35. The molecule has 2 aliphatic rings. The maximum atomic E-state index is 13.5. The van der Waals surface area contributed by atoms with Gasteiger partial charge in [0.1, 0.15) is 17.6 Å². The Morgan fingerprint density at radius 1 is 1.10 bits per heavy atom. The lowest BCUT2D eigenvalue weighted by Gasteiger charge is -2.25. The van der Waals surface area contributed by atoms with Gasteiger partial charge in [0.2, 0.25) is 5.91 Å². The Kier molecular flexibility index (Phi) is 7.69. The molecule has 198 valence electrons. The number of amidine groups is 2. The topological polar surface area (TPSA) is 126 Å². The average Bonchev–Trinajstić information content (AvgIpc) is 3.30. The van der Waals surface area contributed by atoms with E-state index in [2.05, 4.69) is 5.32 Å². The molecule has 0 radical (unpaired) electrons. The molecular formula is C28H25N5O5S. The van der Waals surface area contributed by atoms with Crippen molar-refractivity contribution >= 4 is 46.0 Å². The number of ether oxygens (including phenoxy) is 1. The highest BCUT2D eigenvalue weighted by Gasteiger charge is 2.41. The van der Waals surface area contributed by atoms with Gasteiger partial charge in [0.25, 0.3) is 11.6 Å². The summed E-state index contributed by atoms with van der Waals surface area (Å²) in [6.07, 6.45) is 0.407. The zero-order valence-electron chi connectivity index (χ0n) is 21.1. The summed E-state index contributed by atoms with van der Waals surface area (Å²) >= 11 is 1.31. The average molecular weight is 544 g/mol. The van der Waals surface area contributed by atoms with Gasteiger partial charge in [0.15, 0.2) is 5.17 Å². The minimum atomic E-state index is -0.707. The summed E-state index contributed by atoms with van der Waals surface area (Å²) in [5.74, 6) is 1.23. The molecule has 39 heavy (non-hydrogen) atoms. The van der Waals surface area contributed by atoms with E-state index < -0.39 is 11.0 Å². The van der Waals surface area contributed by atoms with Crippen molar-refractivity contribution in [2.75, 3.05) is 7.11 Å². The fourth-order valence-electron chi connectivity index (χ4n) is 4.29. The molecule has 0 aliphatic carbocycles. The van der Waals surface area contributed by atoms with E-state index in [9.17, 15) is 19.7 Å². The molecule has 3 aromatic carbocycles. The number of thioether (sulfide) groups is 1. The van der Waals surface area contributed by atoms with Crippen LogP contribution in [0.3, 0.4) is 0 Å². The van der Waals surface area contributed by atoms with Crippen molar-refractivity contribution in [3.63, 3.8) is 0 Å². The van der Waals surface area contributed by atoms with Crippen LogP contribution in [0.15, 0.2) is 82.8 Å². The van der Waals surface area contributed by atoms with E-state index in [1.807, 2.05) is 48.5 Å². The molecule has 2 amide bonds. The first kappa shape index (κ1) is 26.1. The van der Waals surface area contributed by atoms with E-state index in [0.29, 0.717) is 29.0 Å². The van der Waals surface area contributed by atoms with E-state index in [-0.39, 0.29) is 30.3 Å². The summed E-state index contributed by atoms with van der Waals surface area (Å²) in [6.45, 7) is 0.376. The number of para-hydroxylation sites is 1. The van der Waals surface area contributed by atoms with E-state index in [1.165, 1.54) is 28.8 Å². The van der Waals surface area contributed by atoms with Crippen molar-refractivity contribution in [3.05, 3.63) is 99.6 Å². The third-order valence-corrected chi connectivity index (χ3v) is 7.34. The summed E-state index contributed by atoms with van der Waals surface area (Å²) in [4.78, 5) is 47.6. The van der Waals surface area contributed by atoms with Crippen LogP contribution in [0.4, 0.5) is 11.4 Å². The molecule has 5 rings (SSSR count). The SMILES string of the molecule is COc1ccc(CNC(=O)CC[C@H]2N=C3c4ccccc4N=C(SCc4cccc([N+](=O)[O-])c4)N3C2=O)cc1. The van der Waals surface area contributed by atoms with Crippen LogP contribution in [0, 0.1) is 10.1 Å². The van der Waals surface area contributed by atoms with Gasteiger partial charge in [-0.15, -0.1) is 0 Å². The van der Waals surface area contributed by atoms with Gasteiger partial charge in [-0.05, 0) is 41.8 Å². The predicted octanol–water partition coefficient (Wildman–Crippen LogP) is 4.59. The lowest BCUT2D eigenvalue weighted by atomic mass is 10.1. The van der Waals surface area contributed by atoms with Crippen molar-refractivity contribution in [1.29, 1.82) is 0 Å². The monoisotopic (exact) mass is 543 g/mol. The van der Waals surface area contributed by atoms with Crippen molar-refractivity contribution in [3.8, 4) is 5.75 Å². The Morgan fingerprint density at radius 3 is 2.67 bits per heavy atom. The molecule has 0 aromatic heterocycles. The molecule has 0 saturated carbocycles. The van der Waals surface area contributed by atoms with Crippen LogP contribution in [0.2, 0.25) is 0 Å². The lowest BCUT2D eigenvalue weighted by molar-refractivity contribution is -0.384. The van der Waals surface area contributed by atoms with Crippen LogP contribution in [0.1, 0.15) is 29.5 Å². The predicted molar refractivity (Wildman–Crippen MR) is 149 cm³/mol. The fourth-order valence-corrected chi connectivity index (χ4v) is 5.24. The molecule has 11 heteroatoms. The van der Waals surface area contributed by atoms with Gasteiger partial charge < -0.3 is 10.1 Å². The number of hydrogen-bond acceptors (Lipinski definition) is 8. The molecule has 0 bridgehead atoms. The third-order valence-electron chi connectivity index (χ3n) is 6.33. The molecule has 2 aliphatic heterocycles. The normalized spacial score (nSPS) is 15.7. The molecule has 3 aromatic rings. The zero-order chi connectivity index (χ0) is 27.4. The first-order chi connectivity index (χ1) is 18.9. The van der Waals surface area contributed by atoms with Crippen LogP contribution < -0.4 is 10.1 Å². The van der Waals surface area contributed by atoms with E-state index in [4.69, 9.17) is 14.7 Å². The number of carbonyl (C=O) groups is 2. The quantitative estimate of drug-likeness (QED) is 0.311. The molecule has 0 spiro atoms. The van der Waals surface area contributed by atoms with Crippen LogP contribution in [-0.2, 0) is 21.9 Å². The van der Waals surface area contributed by atoms with Crippen molar-refractivity contribution < 1.29 is 19.2 Å². The number of carbonyl (C=O) groups excluding carboxylic acids is 2.